The molecule has 7 heteroatoms. The minimum Gasteiger partial charge on any atom is -0.358 e. The molecule has 3 aromatic heterocycles. The van der Waals surface area contributed by atoms with Crippen LogP contribution in [0, 0.1) is 5.82 Å². The van der Waals surface area contributed by atoms with Crippen LogP contribution < -0.4 is 0 Å². The van der Waals surface area contributed by atoms with Gasteiger partial charge in [0.25, 0.3) is 5.91 Å². The molecule has 6 nitrogen and oxygen atoms in total. The molecule has 5 rings (SSSR count). The van der Waals surface area contributed by atoms with Gasteiger partial charge in [0.05, 0.1) is 6.20 Å². The van der Waals surface area contributed by atoms with Crippen molar-refractivity contribution >= 4 is 16.8 Å². The van der Waals surface area contributed by atoms with Gasteiger partial charge in [-0.3, -0.25) is 9.48 Å². The van der Waals surface area contributed by atoms with Crippen molar-refractivity contribution in [1.29, 1.82) is 0 Å². The van der Waals surface area contributed by atoms with Crippen molar-refractivity contribution in [3.8, 4) is 5.82 Å². The van der Waals surface area contributed by atoms with Crippen molar-refractivity contribution in [3.05, 3.63) is 71.6 Å². The van der Waals surface area contributed by atoms with Gasteiger partial charge in [-0.2, -0.15) is 5.10 Å². The number of carbonyl (C=O) groups is 1. The first-order valence-corrected chi connectivity index (χ1v) is 8.85. The van der Waals surface area contributed by atoms with E-state index in [2.05, 4.69) is 10.1 Å². The summed E-state index contributed by atoms with van der Waals surface area (Å²) in [5.41, 5.74) is 3.54. The number of nitrogens with zero attached hydrogens (tertiary/aromatic N) is 4. The first kappa shape index (κ1) is 15.9. The zero-order valence-corrected chi connectivity index (χ0v) is 14.8. The molecule has 1 aliphatic heterocycles. The first-order valence-electron chi connectivity index (χ1n) is 8.85. The minimum absolute atomic E-state index is 0.0665. The third kappa shape index (κ3) is 2.46. The number of amides is 1. The van der Waals surface area contributed by atoms with Crippen LogP contribution in [-0.2, 0) is 20.0 Å². The number of nitrogens with one attached hydrogen (secondary N) is 1. The molecule has 0 aliphatic carbocycles. The molecule has 4 heterocycles. The lowest BCUT2D eigenvalue weighted by Crippen LogP contribution is -2.36. The summed E-state index contributed by atoms with van der Waals surface area (Å²) in [7, 11) is 1.82. The molecule has 0 saturated carbocycles. The molecule has 0 spiro atoms. The molecule has 4 aromatic rings. The van der Waals surface area contributed by atoms with Crippen molar-refractivity contribution in [3.63, 3.8) is 0 Å². The average Bonchev–Trinajstić information content (AvgIpc) is 3.38. The van der Waals surface area contributed by atoms with E-state index < -0.39 is 0 Å². The van der Waals surface area contributed by atoms with Crippen LogP contribution in [-0.4, -0.2) is 36.7 Å². The largest absolute Gasteiger partial charge is 0.358 e. The van der Waals surface area contributed by atoms with E-state index in [0.717, 1.165) is 34.4 Å². The topological polar surface area (TPSA) is 58.9 Å². The number of aryl methyl sites for hydroxylation is 1. The summed E-state index contributed by atoms with van der Waals surface area (Å²) < 4.78 is 17.3. The Morgan fingerprint density at radius 3 is 2.89 bits per heavy atom. The molecule has 0 fully saturated rings. The van der Waals surface area contributed by atoms with Gasteiger partial charge in [0.15, 0.2) is 0 Å². The normalized spacial score (nSPS) is 13.9. The number of hydrogen-bond acceptors (Lipinski definition) is 2. The van der Waals surface area contributed by atoms with Crippen molar-refractivity contribution in [2.24, 2.45) is 7.05 Å². The number of carbonyl (C=O) groups excluding carboxylic acids is 1. The molecule has 136 valence electrons. The van der Waals surface area contributed by atoms with Crippen molar-refractivity contribution in [2.75, 3.05) is 6.54 Å². The number of aromatic amines is 1. The number of hydrogen-bond donors (Lipinski definition) is 1. The van der Waals surface area contributed by atoms with Crippen LogP contribution in [0.4, 0.5) is 4.39 Å². The van der Waals surface area contributed by atoms with Gasteiger partial charge in [-0.25, -0.2) is 4.39 Å². The molecule has 27 heavy (non-hydrogen) atoms. The van der Waals surface area contributed by atoms with Gasteiger partial charge in [0, 0.05) is 61.1 Å². The maximum Gasteiger partial charge on any atom is 0.259 e. The summed E-state index contributed by atoms with van der Waals surface area (Å²) in [6.45, 7) is 1.07. The van der Waals surface area contributed by atoms with Gasteiger partial charge in [0.2, 0.25) is 0 Å². The van der Waals surface area contributed by atoms with Crippen LogP contribution in [0.15, 0.2) is 48.9 Å². The molecule has 0 radical (unpaired) electrons. The molecule has 0 atom stereocenters. The van der Waals surface area contributed by atoms with Crippen LogP contribution in [0.5, 0.6) is 0 Å². The smallest absolute Gasteiger partial charge is 0.259 e. The molecule has 0 unspecified atom stereocenters. The number of aromatic nitrogens is 4. The Balaban J connectivity index is 1.52. The highest BCUT2D eigenvalue weighted by Gasteiger charge is 2.28. The molecule has 1 N–H and O–H groups in total. The summed E-state index contributed by atoms with van der Waals surface area (Å²) in [6.07, 6.45) is 6.12. The Hall–Kier alpha value is -3.35. The van der Waals surface area contributed by atoms with Gasteiger partial charge in [-0.15, -0.1) is 0 Å². The number of halogens is 1. The van der Waals surface area contributed by atoms with Crippen molar-refractivity contribution < 1.29 is 9.18 Å². The predicted octanol–water partition coefficient (Wildman–Crippen LogP) is 3.03. The van der Waals surface area contributed by atoms with E-state index in [9.17, 15) is 9.18 Å². The van der Waals surface area contributed by atoms with Gasteiger partial charge in [0.1, 0.15) is 17.2 Å². The van der Waals surface area contributed by atoms with Crippen LogP contribution in [0.3, 0.4) is 0 Å². The Labute approximate surface area is 154 Å². The first-order chi connectivity index (χ1) is 13.1. The third-order valence-corrected chi connectivity index (χ3v) is 5.21. The number of benzene rings is 1. The van der Waals surface area contributed by atoms with E-state index in [0.29, 0.717) is 18.7 Å². The van der Waals surface area contributed by atoms with Crippen molar-refractivity contribution in [1.82, 2.24) is 24.2 Å². The van der Waals surface area contributed by atoms with Gasteiger partial charge in [-0.1, -0.05) is 0 Å². The van der Waals surface area contributed by atoms with Gasteiger partial charge < -0.3 is 14.5 Å². The maximum atomic E-state index is 13.7. The molecule has 1 aliphatic rings. The fraction of sp³-hybridized carbons (Fsp3) is 0.200. The van der Waals surface area contributed by atoms with Crippen LogP contribution in [0.25, 0.3) is 16.7 Å². The van der Waals surface area contributed by atoms with E-state index in [1.54, 1.807) is 16.9 Å². The zero-order valence-electron chi connectivity index (χ0n) is 14.8. The van der Waals surface area contributed by atoms with E-state index >= 15 is 0 Å². The average molecular weight is 363 g/mol. The molecule has 1 aromatic carbocycles. The lowest BCUT2D eigenvalue weighted by molar-refractivity contribution is 0.0735. The summed E-state index contributed by atoms with van der Waals surface area (Å²) >= 11 is 0. The molecule has 0 bridgehead atoms. The van der Waals surface area contributed by atoms with E-state index in [4.69, 9.17) is 0 Å². The predicted molar refractivity (Wildman–Crippen MR) is 99.2 cm³/mol. The lowest BCUT2D eigenvalue weighted by Gasteiger charge is -2.27. The Morgan fingerprint density at radius 2 is 2.07 bits per heavy atom. The van der Waals surface area contributed by atoms with Crippen molar-refractivity contribution in [2.45, 2.75) is 13.0 Å². The standard InChI is InChI=1S/C20H18FN5O/c1-24-19(25-7-2-3-8-25)15(11-22-24)20(27)26-9-6-18-16(12-26)14-10-13(21)4-5-17(14)23-18/h2-5,7-8,10-11,23H,6,9,12H2,1H3. The number of fused-ring (bicyclic) bond motifs is 3. The second kappa shape index (κ2) is 5.84. The third-order valence-electron chi connectivity index (χ3n) is 5.21. The second-order valence-corrected chi connectivity index (χ2v) is 6.84. The fourth-order valence-corrected chi connectivity index (χ4v) is 3.89. The van der Waals surface area contributed by atoms with Crippen LogP contribution in [0.2, 0.25) is 0 Å². The fourth-order valence-electron chi connectivity index (χ4n) is 3.89. The van der Waals surface area contributed by atoms with Gasteiger partial charge >= 0.3 is 0 Å². The monoisotopic (exact) mass is 363 g/mol. The lowest BCUT2D eigenvalue weighted by atomic mass is 10.0. The zero-order chi connectivity index (χ0) is 18.5. The molecular weight excluding hydrogens is 345 g/mol. The summed E-state index contributed by atoms with van der Waals surface area (Å²) in [5, 5.41) is 5.12. The van der Waals surface area contributed by atoms with Crippen LogP contribution >= 0.6 is 0 Å². The molecular formula is C20H18FN5O. The Bertz CT molecular complexity index is 1150. The Morgan fingerprint density at radius 1 is 1.26 bits per heavy atom. The highest BCUT2D eigenvalue weighted by atomic mass is 19.1. The van der Waals surface area contributed by atoms with E-state index in [1.807, 2.05) is 41.0 Å². The SMILES string of the molecule is Cn1ncc(C(=O)N2CCc3[nH]c4ccc(F)cc4c3C2)c1-n1cccc1. The number of rotatable bonds is 2. The van der Waals surface area contributed by atoms with E-state index in [1.165, 1.54) is 12.1 Å². The minimum atomic E-state index is -0.269. The maximum absolute atomic E-state index is 13.7. The second-order valence-electron chi connectivity index (χ2n) is 6.84. The highest BCUT2D eigenvalue weighted by Crippen LogP contribution is 2.29. The summed E-state index contributed by atoms with van der Waals surface area (Å²) in [4.78, 5) is 18.4. The quantitative estimate of drug-likeness (QED) is 0.595. The van der Waals surface area contributed by atoms with Crippen LogP contribution in [0.1, 0.15) is 21.6 Å². The van der Waals surface area contributed by atoms with E-state index in [-0.39, 0.29) is 11.7 Å². The van der Waals surface area contributed by atoms with Gasteiger partial charge in [-0.05, 0) is 30.3 Å². The Kier molecular flexibility index (Phi) is 3.43. The molecule has 0 saturated heterocycles. The highest BCUT2D eigenvalue weighted by molar-refractivity contribution is 5.97. The summed E-state index contributed by atoms with van der Waals surface area (Å²) in [6, 6.07) is 8.56. The number of H-pyrrole nitrogens is 1. The molecule has 1 amide bonds. The summed E-state index contributed by atoms with van der Waals surface area (Å²) in [5.74, 6) is 0.402.